The summed E-state index contributed by atoms with van der Waals surface area (Å²) in [6.07, 6.45) is 24.7. The Morgan fingerprint density at radius 3 is 1.25 bits per heavy atom. The van der Waals surface area contributed by atoms with Crippen molar-refractivity contribution < 1.29 is 5.11 Å². The van der Waals surface area contributed by atoms with Crippen molar-refractivity contribution >= 4 is 0 Å². The Balaban J connectivity index is 4.14. The summed E-state index contributed by atoms with van der Waals surface area (Å²) < 4.78 is 0. The number of hydrogen-bond donors (Lipinski definition) is 1. The minimum Gasteiger partial charge on any atom is -0.396 e. The highest BCUT2D eigenvalue weighted by Gasteiger charge is 2.26. The van der Waals surface area contributed by atoms with E-state index in [1.165, 1.54) is 109 Å². The molecule has 0 spiro atoms. The lowest BCUT2D eigenvalue weighted by molar-refractivity contribution is 0.179. The van der Waals surface area contributed by atoms with E-state index >= 15 is 0 Å². The van der Waals surface area contributed by atoms with Gasteiger partial charge in [0.05, 0.1) is 0 Å². The summed E-state index contributed by atoms with van der Waals surface area (Å²) >= 11 is 0. The first kappa shape index (κ1) is 24.0. The molecular weight excluding hydrogens is 292 g/mol. The van der Waals surface area contributed by atoms with Crippen molar-refractivity contribution in [2.45, 2.75) is 136 Å². The highest BCUT2D eigenvalue weighted by atomic mass is 16.2. The first-order chi connectivity index (χ1) is 11.7. The van der Waals surface area contributed by atoms with E-state index in [2.05, 4.69) is 20.8 Å². The van der Waals surface area contributed by atoms with Gasteiger partial charge in [-0.15, -0.1) is 0 Å². The van der Waals surface area contributed by atoms with Gasteiger partial charge < -0.3 is 5.11 Å². The summed E-state index contributed by atoms with van der Waals surface area (Å²) in [7, 11) is 0. The Bertz CT molecular complexity index is 220. The Hall–Kier alpha value is -0.0400. The van der Waals surface area contributed by atoms with E-state index in [-0.39, 0.29) is 0 Å². The van der Waals surface area contributed by atoms with E-state index in [1.54, 1.807) is 0 Å². The van der Waals surface area contributed by atoms with Gasteiger partial charge in [-0.2, -0.15) is 0 Å². The fourth-order valence-corrected chi connectivity index (χ4v) is 4.08. The van der Waals surface area contributed by atoms with Crippen LogP contribution in [0.3, 0.4) is 0 Å². The standard InChI is InChI=1S/C23H48O/c1-4-7-9-11-13-15-19-23(6-3,21-17-18-22-24)20-16-14-12-10-8-5-2/h24H,4-22H2,1-3H3. The topological polar surface area (TPSA) is 20.2 Å². The normalized spacial score (nSPS) is 12.0. The van der Waals surface area contributed by atoms with Crippen molar-refractivity contribution in [3.05, 3.63) is 0 Å². The van der Waals surface area contributed by atoms with Gasteiger partial charge in [0.1, 0.15) is 0 Å². The van der Waals surface area contributed by atoms with Gasteiger partial charge in [-0.1, -0.05) is 111 Å². The highest BCUT2D eigenvalue weighted by molar-refractivity contribution is 4.78. The maximum absolute atomic E-state index is 9.13. The van der Waals surface area contributed by atoms with Crippen LogP contribution >= 0.6 is 0 Å². The largest absolute Gasteiger partial charge is 0.396 e. The maximum atomic E-state index is 9.13. The van der Waals surface area contributed by atoms with Gasteiger partial charge in [-0.25, -0.2) is 0 Å². The molecule has 0 amide bonds. The molecule has 0 aromatic heterocycles. The Morgan fingerprint density at radius 2 is 0.875 bits per heavy atom. The molecule has 0 fully saturated rings. The quantitative estimate of drug-likeness (QED) is 0.236. The smallest absolute Gasteiger partial charge is 0.0431 e. The zero-order valence-corrected chi connectivity index (χ0v) is 17.4. The van der Waals surface area contributed by atoms with Gasteiger partial charge in [-0.05, 0) is 31.1 Å². The Labute approximate surface area is 154 Å². The molecule has 0 aliphatic rings. The first-order valence-electron chi connectivity index (χ1n) is 11.4. The summed E-state index contributed by atoms with van der Waals surface area (Å²) in [5, 5.41) is 9.13. The van der Waals surface area contributed by atoms with Crippen molar-refractivity contribution in [3.8, 4) is 0 Å². The fraction of sp³-hybridized carbons (Fsp3) is 1.00. The van der Waals surface area contributed by atoms with Crippen LogP contribution in [-0.2, 0) is 0 Å². The van der Waals surface area contributed by atoms with E-state index in [0.717, 1.165) is 6.42 Å². The number of unbranched alkanes of at least 4 members (excludes halogenated alkanes) is 11. The van der Waals surface area contributed by atoms with Gasteiger partial charge in [-0.3, -0.25) is 0 Å². The van der Waals surface area contributed by atoms with E-state index in [0.29, 0.717) is 12.0 Å². The second-order valence-electron chi connectivity index (χ2n) is 8.07. The molecule has 0 bridgehead atoms. The molecule has 0 unspecified atom stereocenters. The molecule has 1 nitrogen and oxygen atoms in total. The molecule has 0 saturated heterocycles. The second-order valence-corrected chi connectivity index (χ2v) is 8.07. The zero-order valence-electron chi connectivity index (χ0n) is 17.4. The van der Waals surface area contributed by atoms with E-state index in [1.807, 2.05) is 0 Å². The maximum Gasteiger partial charge on any atom is 0.0431 e. The van der Waals surface area contributed by atoms with Crippen LogP contribution in [0.15, 0.2) is 0 Å². The monoisotopic (exact) mass is 340 g/mol. The molecule has 0 saturated carbocycles. The average Bonchev–Trinajstić information content (AvgIpc) is 2.60. The van der Waals surface area contributed by atoms with Crippen LogP contribution < -0.4 is 0 Å². The Morgan fingerprint density at radius 1 is 0.500 bits per heavy atom. The average molecular weight is 341 g/mol. The van der Waals surface area contributed by atoms with Gasteiger partial charge in [0.2, 0.25) is 0 Å². The van der Waals surface area contributed by atoms with Crippen molar-refractivity contribution in [1.29, 1.82) is 0 Å². The molecule has 0 radical (unpaired) electrons. The van der Waals surface area contributed by atoms with Gasteiger partial charge in [0.15, 0.2) is 0 Å². The molecule has 1 N–H and O–H groups in total. The molecule has 0 aliphatic heterocycles. The van der Waals surface area contributed by atoms with Crippen LogP contribution in [0.5, 0.6) is 0 Å². The van der Waals surface area contributed by atoms with Gasteiger partial charge in [0.25, 0.3) is 0 Å². The molecular formula is C23H48O. The molecule has 1 heteroatoms. The first-order valence-corrected chi connectivity index (χ1v) is 11.4. The predicted octanol–water partition coefficient (Wildman–Crippen LogP) is 8.05. The fourth-order valence-electron chi connectivity index (χ4n) is 4.08. The second kappa shape index (κ2) is 17.8. The number of hydrogen-bond acceptors (Lipinski definition) is 1. The Kier molecular flexibility index (Phi) is 17.7. The third-order valence-corrected chi connectivity index (χ3v) is 5.99. The van der Waals surface area contributed by atoms with Crippen molar-refractivity contribution in [2.75, 3.05) is 6.61 Å². The van der Waals surface area contributed by atoms with Crippen LogP contribution in [0.4, 0.5) is 0 Å². The number of aliphatic hydroxyl groups is 1. The molecule has 0 rings (SSSR count). The van der Waals surface area contributed by atoms with Crippen LogP contribution in [0, 0.1) is 5.41 Å². The van der Waals surface area contributed by atoms with Gasteiger partial charge >= 0.3 is 0 Å². The summed E-state index contributed by atoms with van der Waals surface area (Å²) in [5.74, 6) is 0. The highest BCUT2D eigenvalue weighted by Crippen LogP contribution is 2.40. The van der Waals surface area contributed by atoms with E-state index in [4.69, 9.17) is 5.11 Å². The van der Waals surface area contributed by atoms with Crippen LogP contribution in [0.1, 0.15) is 136 Å². The van der Waals surface area contributed by atoms with Crippen LogP contribution in [-0.4, -0.2) is 11.7 Å². The van der Waals surface area contributed by atoms with E-state index in [9.17, 15) is 0 Å². The lowest BCUT2D eigenvalue weighted by Crippen LogP contribution is -2.20. The summed E-state index contributed by atoms with van der Waals surface area (Å²) in [6.45, 7) is 7.37. The predicted molar refractivity (Wildman–Crippen MR) is 110 cm³/mol. The summed E-state index contributed by atoms with van der Waals surface area (Å²) in [5.41, 5.74) is 0.574. The number of aliphatic hydroxyl groups excluding tert-OH is 1. The molecule has 0 heterocycles. The van der Waals surface area contributed by atoms with E-state index < -0.39 is 0 Å². The molecule has 0 aromatic carbocycles. The van der Waals surface area contributed by atoms with Crippen molar-refractivity contribution in [2.24, 2.45) is 5.41 Å². The van der Waals surface area contributed by atoms with Gasteiger partial charge in [0, 0.05) is 6.61 Å². The summed E-state index contributed by atoms with van der Waals surface area (Å²) in [4.78, 5) is 0. The van der Waals surface area contributed by atoms with Crippen LogP contribution in [0.25, 0.3) is 0 Å². The molecule has 0 atom stereocenters. The lowest BCUT2D eigenvalue weighted by atomic mass is 9.72. The minimum atomic E-state index is 0.369. The third-order valence-electron chi connectivity index (χ3n) is 5.99. The van der Waals surface area contributed by atoms with Crippen molar-refractivity contribution in [1.82, 2.24) is 0 Å². The summed E-state index contributed by atoms with van der Waals surface area (Å²) in [6, 6.07) is 0. The third kappa shape index (κ3) is 13.3. The molecule has 0 aromatic rings. The molecule has 0 aliphatic carbocycles. The zero-order chi connectivity index (χ0) is 17.9. The number of rotatable bonds is 19. The molecule has 24 heavy (non-hydrogen) atoms. The SMILES string of the molecule is CCCCCCCCC(CC)(CCCCO)CCCCCCCC. The van der Waals surface area contributed by atoms with Crippen LogP contribution in [0.2, 0.25) is 0 Å². The lowest BCUT2D eigenvalue weighted by Gasteiger charge is -2.33. The van der Waals surface area contributed by atoms with Crippen molar-refractivity contribution in [3.63, 3.8) is 0 Å². The minimum absolute atomic E-state index is 0.369. The molecule has 146 valence electrons.